The Morgan fingerprint density at radius 2 is 2.17 bits per heavy atom. The van der Waals surface area contributed by atoms with E-state index >= 15 is 0 Å². The average molecular weight is 273 g/mol. The highest BCUT2D eigenvalue weighted by Crippen LogP contribution is 2.30. The van der Waals surface area contributed by atoms with E-state index in [1.165, 1.54) is 0 Å². The molecule has 1 aliphatic rings. The van der Waals surface area contributed by atoms with E-state index in [-0.39, 0.29) is 11.7 Å². The van der Waals surface area contributed by atoms with Gasteiger partial charge in [0.05, 0.1) is 11.3 Å². The number of halogens is 2. The van der Waals surface area contributed by atoms with Gasteiger partial charge in [-0.05, 0) is 18.2 Å². The second-order valence-corrected chi connectivity index (χ2v) is 5.72. The summed E-state index contributed by atoms with van der Waals surface area (Å²) in [6, 6.07) is 1.71. The molecule has 1 saturated heterocycles. The molecular formula is C12H13F2NO2S. The Morgan fingerprint density at radius 1 is 1.44 bits per heavy atom. The first-order valence-electron chi connectivity index (χ1n) is 5.59. The van der Waals surface area contributed by atoms with Gasteiger partial charge in [0.1, 0.15) is 11.6 Å². The zero-order chi connectivity index (χ0) is 13.3. The van der Waals surface area contributed by atoms with Crippen molar-refractivity contribution in [2.75, 3.05) is 11.1 Å². The summed E-state index contributed by atoms with van der Waals surface area (Å²) in [7, 11) is 0. The van der Waals surface area contributed by atoms with E-state index in [9.17, 15) is 13.6 Å². The van der Waals surface area contributed by atoms with E-state index in [1.54, 1.807) is 11.8 Å². The van der Waals surface area contributed by atoms with Crippen molar-refractivity contribution in [2.24, 2.45) is 0 Å². The lowest BCUT2D eigenvalue weighted by atomic mass is 10.1. The van der Waals surface area contributed by atoms with Crippen LogP contribution in [0.15, 0.2) is 12.1 Å². The number of thioether (sulfide) groups is 1. The standard InChI is InChI=1S/C12H13F2NO2S/c1-6-10(2-3-18-6)15-11-4-7(12(16)17)8(13)5-9(11)14/h4-6,10,15H,2-3H2,1H3,(H,16,17). The molecule has 1 aliphatic heterocycles. The summed E-state index contributed by atoms with van der Waals surface area (Å²) >= 11 is 1.77. The molecule has 3 nitrogen and oxygen atoms in total. The largest absolute Gasteiger partial charge is 0.478 e. The molecule has 0 saturated carbocycles. The van der Waals surface area contributed by atoms with Crippen LogP contribution in [0.25, 0.3) is 0 Å². The van der Waals surface area contributed by atoms with Crippen LogP contribution in [-0.4, -0.2) is 28.1 Å². The lowest BCUT2D eigenvalue weighted by molar-refractivity contribution is 0.0692. The Bertz CT molecular complexity index is 481. The summed E-state index contributed by atoms with van der Waals surface area (Å²) < 4.78 is 26.8. The van der Waals surface area contributed by atoms with E-state index in [0.717, 1.165) is 18.2 Å². The molecule has 0 bridgehead atoms. The van der Waals surface area contributed by atoms with Gasteiger partial charge < -0.3 is 10.4 Å². The molecule has 18 heavy (non-hydrogen) atoms. The van der Waals surface area contributed by atoms with Crippen molar-refractivity contribution in [2.45, 2.75) is 24.6 Å². The number of carboxylic acids is 1. The number of carbonyl (C=O) groups is 1. The number of aromatic carboxylic acids is 1. The van der Waals surface area contributed by atoms with Gasteiger partial charge in [0, 0.05) is 17.4 Å². The molecule has 1 heterocycles. The van der Waals surface area contributed by atoms with Gasteiger partial charge in [-0.2, -0.15) is 11.8 Å². The molecule has 6 heteroatoms. The Kier molecular flexibility index (Phi) is 3.75. The van der Waals surface area contributed by atoms with Gasteiger partial charge in [-0.3, -0.25) is 0 Å². The summed E-state index contributed by atoms with van der Waals surface area (Å²) in [6.07, 6.45) is 0.880. The molecule has 1 aromatic rings. The number of anilines is 1. The van der Waals surface area contributed by atoms with Gasteiger partial charge in [-0.1, -0.05) is 6.92 Å². The van der Waals surface area contributed by atoms with Crippen LogP contribution < -0.4 is 5.32 Å². The first kappa shape index (κ1) is 13.1. The van der Waals surface area contributed by atoms with Crippen LogP contribution in [-0.2, 0) is 0 Å². The Labute approximate surface area is 108 Å². The maximum absolute atomic E-state index is 13.6. The number of rotatable bonds is 3. The topological polar surface area (TPSA) is 49.3 Å². The predicted molar refractivity (Wildman–Crippen MR) is 67.3 cm³/mol. The summed E-state index contributed by atoms with van der Waals surface area (Å²) in [5, 5.41) is 12.1. The minimum absolute atomic E-state index is 0.0492. The number of carboxylic acid groups (broad SMARTS) is 1. The van der Waals surface area contributed by atoms with E-state index in [0.29, 0.717) is 11.3 Å². The van der Waals surface area contributed by atoms with E-state index in [1.807, 2.05) is 6.92 Å². The minimum atomic E-state index is -1.40. The SMILES string of the molecule is CC1SCCC1Nc1cc(C(=O)O)c(F)cc1F. The molecule has 0 amide bonds. The Morgan fingerprint density at radius 3 is 2.72 bits per heavy atom. The Hall–Kier alpha value is -1.30. The van der Waals surface area contributed by atoms with Crippen molar-refractivity contribution in [1.82, 2.24) is 0 Å². The van der Waals surface area contributed by atoms with Gasteiger partial charge in [0.2, 0.25) is 0 Å². The minimum Gasteiger partial charge on any atom is -0.478 e. The van der Waals surface area contributed by atoms with Gasteiger partial charge in [0.25, 0.3) is 0 Å². The van der Waals surface area contributed by atoms with Gasteiger partial charge in [0.15, 0.2) is 0 Å². The quantitative estimate of drug-likeness (QED) is 0.889. The predicted octanol–water partition coefficient (Wildman–Crippen LogP) is 2.97. The Balaban J connectivity index is 2.27. The number of nitrogens with one attached hydrogen (secondary N) is 1. The summed E-state index contributed by atoms with van der Waals surface area (Å²) in [5.74, 6) is -2.24. The highest BCUT2D eigenvalue weighted by molar-refractivity contribution is 8.00. The fraction of sp³-hybridized carbons (Fsp3) is 0.417. The van der Waals surface area contributed by atoms with Gasteiger partial charge >= 0.3 is 5.97 Å². The molecule has 0 aromatic heterocycles. The van der Waals surface area contributed by atoms with Crippen LogP contribution in [0.1, 0.15) is 23.7 Å². The molecule has 0 aliphatic carbocycles. The second-order valence-electron chi connectivity index (χ2n) is 4.23. The summed E-state index contributed by atoms with van der Waals surface area (Å²) in [5.41, 5.74) is -0.467. The summed E-state index contributed by atoms with van der Waals surface area (Å²) in [6.45, 7) is 2.02. The van der Waals surface area contributed by atoms with Gasteiger partial charge in [-0.25, -0.2) is 13.6 Å². The van der Waals surface area contributed by atoms with Crippen LogP contribution in [0.3, 0.4) is 0 Å². The molecule has 2 rings (SSSR count). The van der Waals surface area contributed by atoms with Crippen LogP contribution >= 0.6 is 11.8 Å². The van der Waals surface area contributed by atoms with Crippen LogP contribution in [0, 0.1) is 11.6 Å². The average Bonchev–Trinajstić information content (AvgIpc) is 2.67. The van der Waals surface area contributed by atoms with Crippen molar-refractivity contribution in [1.29, 1.82) is 0 Å². The summed E-state index contributed by atoms with van der Waals surface area (Å²) in [4.78, 5) is 10.8. The number of hydrogen-bond acceptors (Lipinski definition) is 3. The van der Waals surface area contributed by atoms with Crippen LogP contribution in [0.4, 0.5) is 14.5 Å². The van der Waals surface area contributed by atoms with E-state index in [2.05, 4.69) is 5.32 Å². The molecule has 2 unspecified atom stereocenters. The smallest absolute Gasteiger partial charge is 0.338 e. The number of benzene rings is 1. The van der Waals surface area contributed by atoms with E-state index in [4.69, 9.17) is 5.11 Å². The lowest BCUT2D eigenvalue weighted by Gasteiger charge is -2.18. The van der Waals surface area contributed by atoms with E-state index < -0.39 is 23.2 Å². The van der Waals surface area contributed by atoms with Crippen LogP contribution in [0.5, 0.6) is 0 Å². The maximum Gasteiger partial charge on any atom is 0.338 e. The molecule has 2 N–H and O–H groups in total. The van der Waals surface area contributed by atoms with Crippen molar-refractivity contribution in [3.8, 4) is 0 Å². The lowest BCUT2D eigenvalue weighted by Crippen LogP contribution is -2.25. The second kappa shape index (κ2) is 5.14. The van der Waals surface area contributed by atoms with Crippen molar-refractivity contribution in [3.05, 3.63) is 29.3 Å². The third-order valence-electron chi connectivity index (χ3n) is 3.00. The first-order chi connectivity index (χ1) is 8.49. The van der Waals surface area contributed by atoms with Crippen LogP contribution in [0.2, 0.25) is 0 Å². The van der Waals surface area contributed by atoms with Crippen molar-refractivity contribution >= 4 is 23.4 Å². The normalized spacial score (nSPS) is 23.1. The maximum atomic E-state index is 13.6. The molecule has 98 valence electrons. The third kappa shape index (κ3) is 2.58. The molecule has 0 radical (unpaired) electrons. The molecule has 1 aromatic carbocycles. The van der Waals surface area contributed by atoms with Gasteiger partial charge in [-0.15, -0.1) is 0 Å². The highest BCUT2D eigenvalue weighted by Gasteiger charge is 2.25. The fourth-order valence-electron chi connectivity index (χ4n) is 1.94. The fourth-order valence-corrected chi connectivity index (χ4v) is 3.14. The molecular weight excluding hydrogens is 260 g/mol. The monoisotopic (exact) mass is 273 g/mol. The molecule has 0 spiro atoms. The number of hydrogen-bond donors (Lipinski definition) is 2. The molecule has 1 fully saturated rings. The van der Waals surface area contributed by atoms with Crippen molar-refractivity contribution in [3.63, 3.8) is 0 Å². The zero-order valence-electron chi connectivity index (χ0n) is 9.74. The van der Waals surface area contributed by atoms with Crippen molar-refractivity contribution < 1.29 is 18.7 Å². The highest BCUT2D eigenvalue weighted by atomic mass is 32.2. The zero-order valence-corrected chi connectivity index (χ0v) is 10.6. The molecule has 2 atom stereocenters. The third-order valence-corrected chi connectivity index (χ3v) is 4.33. The first-order valence-corrected chi connectivity index (χ1v) is 6.64.